The molecule has 4 nitrogen and oxygen atoms in total. The van der Waals surface area contributed by atoms with E-state index in [1.165, 1.54) is 11.6 Å². The van der Waals surface area contributed by atoms with Gasteiger partial charge in [-0.1, -0.05) is 66.2 Å². The van der Waals surface area contributed by atoms with Gasteiger partial charge in [-0.2, -0.15) is 0 Å². The molecule has 0 aliphatic rings. The Kier molecular flexibility index (Phi) is 7.87. The van der Waals surface area contributed by atoms with Gasteiger partial charge < -0.3 is 15.8 Å². The summed E-state index contributed by atoms with van der Waals surface area (Å²) in [6.45, 7) is 6.72. The zero-order valence-electron chi connectivity index (χ0n) is 18.9. The van der Waals surface area contributed by atoms with Crippen molar-refractivity contribution in [3.8, 4) is 5.75 Å². The SMILES string of the molecule is CC(C)=CCc1c(C)ccc(/C=C\C(=O)Nc2ccccc2N)c1OCc1ccccc1. The fraction of sp³-hybridized carbons (Fsp3) is 0.179. The van der Waals surface area contributed by atoms with Gasteiger partial charge in [0.05, 0.1) is 11.4 Å². The Morgan fingerprint density at radius 1 is 1.00 bits per heavy atom. The minimum Gasteiger partial charge on any atom is -0.488 e. The van der Waals surface area contributed by atoms with Crippen molar-refractivity contribution in [3.63, 3.8) is 0 Å². The van der Waals surface area contributed by atoms with E-state index in [1.54, 1.807) is 18.2 Å². The molecule has 0 bridgehead atoms. The number of hydrogen-bond acceptors (Lipinski definition) is 3. The summed E-state index contributed by atoms with van der Waals surface area (Å²) in [6, 6.07) is 21.3. The molecule has 0 saturated carbocycles. The Morgan fingerprint density at radius 3 is 2.44 bits per heavy atom. The number of carbonyl (C=O) groups is 1. The van der Waals surface area contributed by atoms with E-state index < -0.39 is 0 Å². The zero-order chi connectivity index (χ0) is 22.9. The maximum Gasteiger partial charge on any atom is 0.248 e. The summed E-state index contributed by atoms with van der Waals surface area (Å²) in [7, 11) is 0. The minimum atomic E-state index is -0.247. The maximum atomic E-state index is 12.5. The summed E-state index contributed by atoms with van der Waals surface area (Å²) in [5.41, 5.74) is 12.5. The van der Waals surface area contributed by atoms with Gasteiger partial charge in [-0.25, -0.2) is 0 Å². The average Bonchev–Trinajstić information content (AvgIpc) is 2.78. The molecule has 4 heteroatoms. The monoisotopic (exact) mass is 426 g/mol. The number of nitrogens with two attached hydrogens (primary N) is 1. The number of rotatable bonds is 8. The standard InChI is InChI=1S/C28H30N2O2/c1-20(2)13-17-24-21(3)14-15-23(28(24)32-19-22-9-5-4-6-10-22)16-18-27(31)30-26-12-8-7-11-25(26)29/h4-16,18H,17,19,29H2,1-3H3,(H,30,31)/b18-16-. The van der Waals surface area contributed by atoms with E-state index in [2.05, 4.69) is 38.2 Å². The first-order valence-corrected chi connectivity index (χ1v) is 10.7. The fourth-order valence-corrected chi connectivity index (χ4v) is 3.29. The van der Waals surface area contributed by atoms with Crippen LogP contribution in [0.5, 0.6) is 5.75 Å². The number of para-hydroxylation sites is 2. The topological polar surface area (TPSA) is 64.4 Å². The second-order valence-corrected chi connectivity index (χ2v) is 7.95. The lowest BCUT2D eigenvalue weighted by atomic mass is 9.99. The first kappa shape index (κ1) is 22.9. The molecule has 3 aromatic rings. The van der Waals surface area contributed by atoms with Crippen molar-refractivity contribution in [2.75, 3.05) is 11.1 Å². The van der Waals surface area contributed by atoms with Crippen molar-refractivity contribution in [3.05, 3.63) is 107 Å². The summed E-state index contributed by atoms with van der Waals surface area (Å²) in [6.07, 6.45) is 6.26. The number of carbonyl (C=O) groups excluding carboxylic acids is 1. The van der Waals surface area contributed by atoms with Crippen LogP contribution in [-0.4, -0.2) is 5.91 Å². The smallest absolute Gasteiger partial charge is 0.248 e. The second-order valence-electron chi connectivity index (χ2n) is 7.95. The lowest BCUT2D eigenvalue weighted by molar-refractivity contribution is -0.111. The van der Waals surface area contributed by atoms with Crippen molar-refractivity contribution in [1.82, 2.24) is 0 Å². The predicted molar refractivity (Wildman–Crippen MR) is 134 cm³/mol. The van der Waals surface area contributed by atoms with Gasteiger partial charge in [-0.05, 0) is 56.5 Å². The molecule has 0 spiro atoms. The van der Waals surface area contributed by atoms with Crippen LogP contribution in [0.4, 0.5) is 11.4 Å². The number of anilines is 2. The minimum absolute atomic E-state index is 0.247. The highest BCUT2D eigenvalue weighted by molar-refractivity contribution is 6.03. The van der Waals surface area contributed by atoms with Crippen molar-refractivity contribution in [2.24, 2.45) is 0 Å². The van der Waals surface area contributed by atoms with Crippen molar-refractivity contribution < 1.29 is 9.53 Å². The lowest BCUT2D eigenvalue weighted by Crippen LogP contribution is -2.09. The van der Waals surface area contributed by atoms with Gasteiger partial charge in [-0.15, -0.1) is 0 Å². The highest BCUT2D eigenvalue weighted by Crippen LogP contribution is 2.30. The van der Waals surface area contributed by atoms with Gasteiger partial charge in [0, 0.05) is 17.2 Å². The van der Waals surface area contributed by atoms with Gasteiger partial charge in [0.2, 0.25) is 5.91 Å². The molecule has 0 radical (unpaired) electrons. The number of hydrogen-bond donors (Lipinski definition) is 2. The summed E-state index contributed by atoms with van der Waals surface area (Å²) < 4.78 is 6.30. The second kappa shape index (κ2) is 11.0. The van der Waals surface area contributed by atoms with E-state index in [0.717, 1.165) is 34.4 Å². The van der Waals surface area contributed by atoms with E-state index in [4.69, 9.17) is 10.5 Å². The van der Waals surface area contributed by atoms with Crippen LogP contribution in [0.3, 0.4) is 0 Å². The Hall–Kier alpha value is -3.79. The number of amides is 1. The highest BCUT2D eigenvalue weighted by Gasteiger charge is 2.12. The Bertz CT molecular complexity index is 1130. The van der Waals surface area contributed by atoms with Gasteiger partial charge in [0.1, 0.15) is 12.4 Å². The third-order valence-electron chi connectivity index (χ3n) is 5.10. The van der Waals surface area contributed by atoms with Gasteiger partial charge in [-0.3, -0.25) is 4.79 Å². The van der Waals surface area contributed by atoms with Crippen LogP contribution in [0.15, 0.2) is 84.5 Å². The highest BCUT2D eigenvalue weighted by atomic mass is 16.5. The molecule has 0 atom stereocenters. The molecule has 3 aromatic carbocycles. The molecule has 0 unspecified atom stereocenters. The largest absolute Gasteiger partial charge is 0.488 e. The van der Waals surface area contributed by atoms with Gasteiger partial charge in [0.25, 0.3) is 0 Å². The Labute approximate surface area is 190 Å². The van der Waals surface area contributed by atoms with Crippen LogP contribution in [0.25, 0.3) is 6.08 Å². The predicted octanol–water partition coefficient (Wildman–Crippen LogP) is 6.32. The average molecular weight is 427 g/mol. The zero-order valence-corrected chi connectivity index (χ0v) is 18.9. The lowest BCUT2D eigenvalue weighted by Gasteiger charge is -2.16. The van der Waals surface area contributed by atoms with Crippen LogP contribution in [0.2, 0.25) is 0 Å². The number of nitrogen functional groups attached to an aromatic ring is 1. The van der Waals surface area contributed by atoms with Crippen LogP contribution in [0.1, 0.15) is 36.1 Å². The van der Waals surface area contributed by atoms with Crippen LogP contribution >= 0.6 is 0 Å². The molecular formula is C28H30N2O2. The molecule has 0 aromatic heterocycles. The maximum absolute atomic E-state index is 12.5. The number of aryl methyl sites for hydroxylation is 1. The molecule has 3 rings (SSSR count). The third-order valence-corrected chi connectivity index (χ3v) is 5.10. The molecule has 3 N–H and O–H groups in total. The van der Waals surface area contributed by atoms with E-state index in [9.17, 15) is 4.79 Å². The van der Waals surface area contributed by atoms with Crippen molar-refractivity contribution >= 4 is 23.4 Å². The van der Waals surface area contributed by atoms with Gasteiger partial charge >= 0.3 is 0 Å². The van der Waals surface area contributed by atoms with E-state index in [1.807, 2.05) is 48.5 Å². The molecule has 32 heavy (non-hydrogen) atoms. The van der Waals surface area contributed by atoms with Gasteiger partial charge in [0.15, 0.2) is 0 Å². The number of ether oxygens (including phenoxy) is 1. The first-order valence-electron chi connectivity index (χ1n) is 10.7. The molecule has 0 saturated heterocycles. The summed E-state index contributed by atoms with van der Waals surface area (Å²) >= 11 is 0. The molecule has 0 aliphatic heterocycles. The third kappa shape index (κ3) is 6.35. The van der Waals surface area contributed by atoms with Crippen molar-refractivity contribution in [2.45, 2.75) is 33.8 Å². The summed E-state index contributed by atoms with van der Waals surface area (Å²) in [4.78, 5) is 12.5. The first-order chi connectivity index (χ1) is 15.4. The number of nitrogens with one attached hydrogen (secondary N) is 1. The van der Waals surface area contributed by atoms with E-state index >= 15 is 0 Å². The van der Waals surface area contributed by atoms with Crippen LogP contribution in [0, 0.1) is 6.92 Å². The Balaban J connectivity index is 1.88. The van der Waals surface area contributed by atoms with Crippen LogP contribution in [-0.2, 0) is 17.8 Å². The molecular weight excluding hydrogens is 396 g/mol. The summed E-state index contributed by atoms with van der Waals surface area (Å²) in [5, 5.41) is 2.82. The molecule has 0 heterocycles. The number of allylic oxidation sites excluding steroid dienone is 2. The molecule has 1 amide bonds. The molecule has 164 valence electrons. The van der Waals surface area contributed by atoms with Crippen LogP contribution < -0.4 is 15.8 Å². The fourth-order valence-electron chi connectivity index (χ4n) is 3.29. The molecule has 0 fully saturated rings. The molecule has 0 aliphatic carbocycles. The normalized spacial score (nSPS) is 10.7. The van der Waals surface area contributed by atoms with E-state index in [0.29, 0.717) is 18.0 Å². The quantitative estimate of drug-likeness (QED) is 0.252. The Morgan fingerprint density at radius 2 is 1.72 bits per heavy atom. The number of benzene rings is 3. The summed E-state index contributed by atoms with van der Waals surface area (Å²) in [5.74, 6) is 0.554. The van der Waals surface area contributed by atoms with E-state index in [-0.39, 0.29) is 5.91 Å². The van der Waals surface area contributed by atoms with Crippen molar-refractivity contribution in [1.29, 1.82) is 0 Å².